The van der Waals surface area contributed by atoms with Gasteiger partial charge >= 0.3 is 0 Å². The Kier molecular flexibility index (Phi) is 7.61. The lowest BCUT2D eigenvalue weighted by atomic mass is 9.77. The molecule has 0 radical (unpaired) electrons. The topological polar surface area (TPSA) is 9.23 Å². The molecular formula is C25H32F2O. The zero-order chi connectivity index (χ0) is 19.9. The van der Waals surface area contributed by atoms with Gasteiger partial charge in [-0.15, -0.1) is 0 Å². The normalized spacial score (nSPS) is 19.7. The Labute approximate surface area is 168 Å². The second-order valence-corrected chi connectivity index (χ2v) is 8.17. The van der Waals surface area contributed by atoms with E-state index < -0.39 is 11.6 Å². The number of hydrogen-bond donors (Lipinski definition) is 0. The van der Waals surface area contributed by atoms with Gasteiger partial charge in [-0.2, -0.15) is 0 Å². The van der Waals surface area contributed by atoms with E-state index in [-0.39, 0.29) is 12.2 Å². The molecule has 3 rings (SSSR count). The summed E-state index contributed by atoms with van der Waals surface area (Å²) in [4.78, 5) is 0. The highest BCUT2D eigenvalue weighted by Gasteiger charge is 2.22. The van der Waals surface area contributed by atoms with Gasteiger partial charge in [0.25, 0.3) is 0 Å². The van der Waals surface area contributed by atoms with Crippen LogP contribution < -0.4 is 0 Å². The van der Waals surface area contributed by atoms with Gasteiger partial charge in [0.05, 0.1) is 6.61 Å². The van der Waals surface area contributed by atoms with Crippen LogP contribution in [0.1, 0.15) is 75.3 Å². The molecule has 0 amide bonds. The number of unbranched alkanes of at least 4 members (excludes halogenated alkanes) is 2. The fourth-order valence-electron chi connectivity index (χ4n) is 4.48. The molecule has 2 aromatic carbocycles. The highest BCUT2D eigenvalue weighted by atomic mass is 19.2. The fourth-order valence-corrected chi connectivity index (χ4v) is 4.48. The van der Waals surface area contributed by atoms with E-state index in [0.717, 1.165) is 11.5 Å². The molecule has 0 N–H and O–H groups in total. The summed E-state index contributed by atoms with van der Waals surface area (Å²) in [6, 6.07) is 11.3. The van der Waals surface area contributed by atoms with Gasteiger partial charge in [0, 0.05) is 18.2 Å². The van der Waals surface area contributed by atoms with E-state index in [1.165, 1.54) is 64.0 Å². The Morgan fingerprint density at radius 2 is 1.61 bits per heavy atom. The lowest BCUT2D eigenvalue weighted by molar-refractivity contribution is 0.180. The van der Waals surface area contributed by atoms with Gasteiger partial charge in [-0.3, -0.25) is 0 Å². The molecule has 28 heavy (non-hydrogen) atoms. The molecule has 0 aromatic heterocycles. The molecule has 0 atom stereocenters. The Hall–Kier alpha value is -1.74. The molecule has 1 aliphatic rings. The maximum atomic E-state index is 14.5. The lowest BCUT2D eigenvalue weighted by Gasteiger charge is -2.29. The molecule has 1 aliphatic carbocycles. The predicted octanol–water partition coefficient (Wildman–Crippen LogP) is 7.63. The van der Waals surface area contributed by atoms with E-state index in [9.17, 15) is 8.78 Å². The highest BCUT2D eigenvalue weighted by molar-refractivity contribution is 5.65. The van der Waals surface area contributed by atoms with Crippen molar-refractivity contribution in [2.75, 3.05) is 7.11 Å². The van der Waals surface area contributed by atoms with Gasteiger partial charge < -0.3 is 4.74 Å². The maximum Gasteiger partial charge on any atom is 0.167 e. The molecule has 0 heterocycles. The Bertz CT molecular complexity index is 746. The van der Waals surface area contributed by atoms with Gasteiger partial charge in [-0.05, 0) is 48.6 Å². The average Bonchev–Trinajstić information content (AvgIpc) is 2.73. The van der Waals surface area contributed by atoms with Crippen molar-refractivity contribution in [3.8, 4) is 11.1 Å². The first kappa shape index (κ1) is 21.0. The average molecular weight is 387 g/mol. The number of halogens is 2. The molecule has 0 aliphatic heterocycles. The third-order valence-corrected chi connectivity index (χ3v) is 6.22. The van der Waals surface area contributed by atoms with Crippen LogP contribution in [0, 0.1) is 17.6 Å². The van der Waals surface area contributed by atoms with Crippen molar-refractivity contribution < 1.29 is 13.5 Å². The summed E-state index contributed by atoms with van der Waals surface area (Å²) in [5, 5.41) is 0. The van der Waals surface area contributed by atoms with Crippen LogP contribution in [0.2, 0.25) is 0 Å². The number of rotatable bonds is 8. The predicted molar refractivity (Wildman–Crippen MR) is 111 cm³/mol. The summed E-state index contributed by atoms with van der Waals surface area (Å²) in [7, 11) is 1.47. The van der Waals surface area contributed by atoms with Gasteiger partial charge in [0.1, 0.15) is 0 Å². The number of methoxy groups -OCH3 is 1. The highest BCUT2D eigenvalue weighted by Crippen LogP contribution is 2.38. The van der Waals surface area contributed by atoms with Crippen molar-refractivity contribution >= 4 is 0 Å². The van der Waals surface area contributed by atoms with E-state index in [2.05, 4.69) is 19.1 Å². The quantitative estimate of drug-likeness (QED) is 0.424. The van der Waals surface area contributed by atoms with Crippen LogP contribution in [-0.4, -0.2) is 7.11 Å². The monoisotopic (exact) mass is 386 g/mol. The number of hydrogen-bond acceptors (Lipinski definition) is 1. The summed E-state index contributed by atoms with van der Waals surface area (Å²) < 4.78 is 33.6. The second-order valence-electron chi connectivity index (χ2n) is 8.17. The zero-order valence-electron chi connectivity index (χ0n) is 17.1. The molecule has 1 saturated carbocycles. The maximum absolute atomic E-state index is 14.5. The van der Waals surface area contributed by atoms with E-state index in [4.69, 9.17) is 4.74 Å². The molecule has 1 nitrogen and oxygen atoms in total. The van der Waals surface area contributed by atoms with E-state index in [1.54, 1.807) is 12.1 Å². The molecular weight excluding hydrogens is 354 g/mol. The Balaban J connectivity index is 1.64. The summed E-state index contributed by atoms with van der Waals surface area (Å²) in [5.41, 5.74) is 2.60. The van der Waals surface area contributed by atoms with Crippen molar-refractivity contribution in [3.63, 3.8) is 0 Å². The van der Waals surface area contributed by atoms with Crippen LogP contribution in [-0.2, 0) is 11.3 Å². The van der Waals surface area contributed by atoms with Crippen molar-refractivity contribution in [3.05, 3.63) is 59.2 Å². The summed E-state index contributed by atoms with van der Waals surface area (Å²) in [6.45, 7) is 2.33. The van der Waals surface area contributed by atoms with Crippen molar-refractivity contribution in [2.24, 2.45) is 5.92 Å². The van der Waals surface area contributed by atoms with Crippen molar-refractivity contribution in [1.29, 1.82) is 0 Å². The standard InChI is InChI=1S/C25H32F2O/c1-3-4-5-6-18-7-9-19(10-8-18)20-11-13-21(14-12-20)23-16-15-22(17-28-2)24(26)25(23)27/h11-16,18-19H,3-10,17H2,1-2H3. The molecule has 0 saturated heterocycles. The smallest absolute Gasteiger partial charge is 0.167 e. The fraction of sp³-hybridized carbons (Fsp3) is 0.520. The van der Waals surface area contributed by atoms with Gasteiger partial charge in [-0.25, -0.2) is 8.78 Å². The molecule has 152 valence electrons. The molecule has 0 spiro atoms. The molecule has 1 fully saturated rings. The minimum absolute atomic E-state index is 0.0725. The number of ether oxygens (including phenoxy) is 1. The molecule has 2 aromatic rings. The summed E-state index contributed by atoms with van der Waals surface area (Å²) in [5.74, 6) is -0.119. The van der Waals surface area contributed by atoms with Gasteiger partial charge in [0.2, 0.25) is 0 Å². The van der Waals surface area contributed by atoms with E-state index in [1.807, 2.05) is 12.1 Å². The Morgan fingerprint density at radius 3 is 2.25 bits per heavy atom. The van der Waals surface area contributed by atoms with E-state index >= 15 is 0 Å². The molecule has 3 heteroatoms. The van der Waals surface area contributed by atoms with Crippen molar-refractivity contribution in [2.45, 2.75) is 70.8 Å². The SMILES string of the molecule is CCCCCC1CCC(c2ccc(-c3ccc(COC)c(F)c3F)cc2)CC1. The first-order valence-corrected chi connectivity index (χ1v) is 10.7. The van der Waals surface area contributed by atoms with Crippen LogP contribution in [0.3, 0.4) is 0 Å². The van der Waals surface area contributed by atoms with Crippen LogP contribution in [0.5, 0.6) is 0 Å². The minimum atomic E-state index is -0.815. The summed E-state index contributed by atoms with van der Waals surface area (Å²) >= 11 is 0. The van der Waals surface area contributed by atoms with Crippen LogP contribution in [0.15, 0.2) is 36.4 Å². The summed E-state index contributed by atoms with van der Waals surface area (Å²) in [6.07, 6.45) is 10.5. The van der Waals surface area contributed by atoms with Gasteiger partial charge in [-0.1, -0.05) is 69.0 Å². The van der Waals surface area contributed by atoms with Crippen LogP contribution >= 0.6 is 0 Å². The minimum Gasteiger partial charge on any atom is -0.380 e. The zero-order valence-corrected chi connectivity index (χ0v) is 17.1. The largest absolute Gasteiger partial charge is 0.380 e. The third-order valence-electron chi connectivity index (χ3n) is 6.22. The Morgan fingerprint density at radius 1 is 0.893 bits per heavy atom. The first-order chi connectivity index (χ1) is 13.6. The van der Waals surface area contributed by atoms with Crippen LogP contribution in [0.25, 0.3) is 11.1 Å². The van der Waals surface area contributed by atoms with Crippen LogP contribution in [0.4, 0.5) is 8.78 Å². The first-order valence-electron chi connectivity index (χ1n) is 10.7. The molecule has 0 bridgehead atoms. The molecule has 0 unspecified atom stereocenters. The number of benzene rings is 2. The third kappa shape index (κ3) is 5.00. The second kappa shape index (κ2) is 10.2. The van der Waals surface area contributed by atoms with Crippen molar-refractivity contribution in [1.82, 2.24) is 0 Å². The van der Waals surface area contributed by atoms with Gasteiger partial charge in [0.15, 0.2) is 11.6 Å². The lowest BCUT2D eigenvalue weighted by Crippen LogP contribution is -2.13. The van der Waals surface area contributed by atoms with E-state index in [0.29, 0.717) is 11.5 Å².